The first-order valence-corrected chi connectivity index (χ1v) is 9.01. The molecule has 9 heteroatoms. The van der Waals surface area contributed by atoms with Crippen LogP contribution in [0.2, 0.25) is 0 Å². The van der Waals surface area contributed by atoms with Gasteiger partial charge in [0.05, 0.1) is 0 Å². The lowest BCUT2D eigenvalue weighted by Gasteiger charge is -2.00. The molecule has 0 spiro atoms. The zero-order valence-corrected chi connectivity index (χ0v) is 13.9. The Hall–Kier alpha value is -2.10. The summed E-state index contributed by atoms with van der Waals surface area (Å²) in [5.74, 6) is -0.271. The Bertz CT molecular complexity index is 950. The Balaban J connectivity index is 1.54. The summed E-state index contributed by atoms with van der Waals surface area (Å²) < 4.78 is 13.7. The molecule has 4 aromatic rings. The molecule has 5 nitrogen and oxygen atoms in total. The fraction of sp³-hybridized carbons (Fsp3) is 0. The molecule has 0 saturated carbocycles. The molecular formula is C14H8FN5S3. The predicted octanol–water partition coefficient (Wildman–Crippen LogP) is 4.58. The van der Waals surface area contributed by atoms with E-state index in [2.05, 4.69) is 25.5 Å². The van der Waals surface area contributed by atoms with Gasteiger partial charge >= 0.3 is 0 Å². The highest BCUT2D eigenvalue weighted by Crippen LogP contribution is 2.35. The lowest BCUT2D eigenvalue weighted by Crippen LogP contribution is -1.89. The van der Waals surface area contributed by atoms with Crippen molar-refractivity contribution in [3.8, 4) is 0 Å². The first-order chi connectivity index (χ1) is 11.3. The van der Waals surface area contributed by atoms with Gasteiger partial charge in [-0.05, 0) is 47.5 Å². The topological polar surface area (TPSA) is 63.6 Å². The maximum absolute atomic E-state index is 12.9. The third-order valence-corrected chi connectivity index (χ3v) is 5.64. The summed E-state index contributed by atoms with van der Waals surface area (Å²) in [7, 11) is 0. The molecule has 1 N–H and O–H groups in total. The van der Waals surface area contributed by atoms with Crippen molar-refractivity contribution >= 4 is 55.5 Å². The average molecular weight is 361 g/mol. The SMILES string of the molecule is Fc1ccc(Nc2nnc(Sc3ncnc4sccc34)s2)cc1. The van der Waals surface area contributed by atoms with Crippen molar-refractivity contribution in [2.45, 2.75) is 9.37 Å². The molecular weight excluding hydrogens is 353 g/mol. The minimum atomic E-state index is -0.271. The van der Waals surface area contributed by atoms with Crippen LogP contribution >= 0.6 is 34.4 Å². The third-order valence-electron chi connectivity index (χ3n) is 2.91. The standard InChI is InChI=1S/C14H8FN5S3/c15-8-1-3-9(4-2-8)18-13-19-20-14(23-13)22-12-10-5-6-21-11(10)16-7-17-12/h1-7H,(H,18,19). The zero-order valence-electron chi connectivity index (χ0n) is 11.4. The van der Waals surface area contributed by atoms with Crippen LogP contribution in [0, 0.1) is 5.82 Å². The smallest absolute Gasteiger partial charge is 0.210 e. The van der Waals surface area contributed by atoms with Gasteiger partial charge in [0.15, 0.2) is 4.34 Å². The van der Waals surface area contributed by atoms with Crippen LogP contribution in [0.3, 0.4) is 0 Å². The van der Waals surface area contributed by atoms with Crippen LogP contribution in [0.15, 0.2) is 51.4 Å². The first-order valence-electron chi connectivity index (χ1n) is 6.50. The number of halogens is 1. The highest BCUT2D eigenvalue weighted by Gasteiger charge is 2.11. The fourth-order valence-corrected chi connectivity index (χ4v) is 4.45. The third kappa shape index (κ3) is 3.16. The van der Waals surface area contributed by atoms with Gasteiger partial charge in [-0.3, -0.25) is 0 Å². The van der Waals surface area contributed by atoms with E-state index in [1.165, 1.54) is 35.2 Å². The highest BCUT2D eigenvalue weighted by molar-refractivity contribution is 8.01. The Labute approximate surface area is 142 Å². The van der Waals surface area contributed by atoms with Crippen LogP contribution in [-0.4, -0.2) is 20.2 Å². The number of aromatic nitrogens is 4. The molecule has 0 fully saturated rings. The van der Waals surface area contributed by atoms with Crippen molar-refractivity contribution in [3.63, 3.8) is 0 Å². The van der Waals surface area contributed by atoms with E-state index in [1.807, 2.05) is 11.4 Å². The average Bonchev–Trinajstić information content (AvgIpc) is 3.19. The van der Waals surface area contributed by atoms with Crippen LogP contribution in [0.4, 0.5) is 15.2 Å². The van der Waals surface area contributed by atoms with E-state index in [0.29, 0.717) is 5.13 Å². The van der Waals surface area contributed by atoms with Gasteiger partial charge < -0.3 is 5.32 Å². The van der Waals surface area contributed by atoms with Crippen LogP contribution in [-0.2, 0) is 0 Å². The van der Waals surface area contributed by atoms with Gasteiger partial charge in [0, 0.05) is 11.1 Å². The Morgan fingerprint density at radius 2 is 1.91 bits per heavy atom. The van der Waals surface area contributed by atoms with Gasteiger partial charge in [-0.2, -0.15) is 0 Å². The number of benzene rings is 1. The zero-order chi connectivity index (χ0) is 15.6. The van der Waals surface area contributed by atoms with Crippen LogP contribution in [0.5, 0.6) is 0 Å². The van der Waals surface area contributed by atoms with E-state index in [-0.39, 0.29) is 5.82 Å². The van der Waals surface area contributed by atoms with Crippen molar-refractivity contribution in [1.82, 2.24) is 20.2 Å². The number of nitrogens with zero attached hydrogens (tertiary/aromatic N) is 4. The summed E-state index contributed by atoms with van der Waals surface area (Å²) in [6.07, 6.45) is 1.56. The number of hydrogen-bond acceptors (Lipinski definition) is 8. The van der Waals surface area contributed by atoms with Crippen molar-refractivity contribution in [1.29, 1.82) is 0 Å². The number of thiophene rings is 1. The molecule has 0 aliphatic heterocycles. The van der Waals surface area contributed by atoms with Gasteiger partial charge in [-0.25, -0.2) is 14.4 Å². The summed E-state index contributed by atoms with van der Waals surface area (Å²) >= 11 is 4.45. The van der Waals surface area contributed by atoms with Crippen LogP contribution < -0.4 is 5.32 Å². The summed E-state index contributed by atoms with van der Waals surface area (Å²) in [5, 5.41) is 15.9. The summed E-state index contributed by atoms with van der Waals surface area (Å²) in [5.41, 5.74) is 0.765. The first kappa shape index (κ1) is 14.5. The molecule has 0 atom stereocenters. The Kier molecular flexibility index (Phi) is 3.90. The molecule has 0 aliphatic carbocycles. The molecule has 3 heterocycles. The molecule has 0 aliphatic rings. The van der Waals surface area contributed by atoms with E-state index >= 15 is 0 Å². The van der Waals surface area contributed by atoms with Gasteiger partial charge in [-0.15, -0.1) is 21.5 Å². The minimum Gasteiger partial charge on any atom is -0.330 e. The van der Waals surface area contributed by atoms with E-state index < -0.39 is 0 Å². The molecule has 0 saturated heterocycles. The monoisotopic (exact) mass is 361 g/mol. The molecule has 114 valence electrons. The second-order valence-corrected chi connectivity index (χ2v) is 7.53. The van der Waals surface area contributed by atoms with E-state index in [1.54, 1.807) is 29.8 Å². The summed E-state index contributed by atoms with van der Waals surface area (Å²) in [6.45, 7) is 0. The molecule has 23 heavy (non-hydrogen) atoms. The van der Waals surface area contributed by atoms with Gasteiger partial charge in [0.2, 0.25) is 5.13 Å². The second kappa shape index (κ2) is 6.19. The number of rotatable bonds is 4. The molecule has 0 amide bonds. The molecule has 4 rings (SSSR count). The van der Waals surface area contributed by atoms with Crippen molar-refractivity contribution < 1.29 is 4.39 Å². The number of fused-ring (bicyclic) bond motifs is 1. The minimum absolute atomic E-state index is 0.271. The number of nitrogens with one attached hydrogen (secondary N) is 1. The van der Waals surface area contributed by atoms with E-state index in [0.717, 1.165) is 25.3 Å². The largest absolute Gasteiger partial charge is 0.330 e. The molecule has 0 radical (unpaired) electrons. The van der Waals surface area contributed by atoms with E-state index in [4.69, 9.17) is 0 Å². The molecule has 0 bridgehead atoms. The quantitative estimate of drug-likeness (QED) is 0.537. The van der Waals surface area contributed by atoms with Crippen LogP contribution in [0.1, 0.15) is 0 Å². The second-order valence-electron chi connectivity index (χ2n) is 4.43. The summed E-state index contributed by atoms with van der Waals surface area (Å²) in [6, 6.07) is 8.10. The lowest BCUT2D eigenvalue weighted by atomic mass is 10.3. The number of anilines is 2. The van der Waals surface area contributed by atoms with Crippen molar-refractivity contribution in [3.05, 3.63) is 47.9 Å². The maximum atomic E-state index is 12.9. The van der Waals surface area contributed by atoms with Gasteiger partial charge in [0.25, 0.3) is 0 Å². The Morgan fingerprint density at radius 1 is 1.04 bits per heavy atom. The van der Waals surface area contributed by atoms with Crippen LogP contribution in [0.25, 0.3) is 10.2 Å². The van der Waals surface area contributed by atoms with Gasteiger partial charge in [-0.1, -0.05) is 11.3 Å². The predicted molar refractivity (Wildman–Crippen MR) is 91.1 cm³/mol. The number of hydrogen-bond donors (Lipinski definition) is 1. The fourth-order valence-electron chi connectivity index (χ4n) is 1.89. The summed E-state index contributed by atoms with van der Waals surface area (Å²) in [4.78, 5) is 9.50. The molecule has 0 unspecified atom stereocenters. The highest BCUT2D eigenvalue weighted by atomic mass is 32.2. The normalized spacial score (nSPS) is 11.0. The molecule has 3 aromatic heterocycles. The van der Waals surface area contributed by atoms with Crippen molar-refractivity contribution in [2.24, 2.45) is 0 Å². The van der Waals surface area contributed by atoms with Crippen molar-refractivity contribution in [2.75, 3.05) is 5.32 Å². The Morgan fingerprint density at radius 3 is 2.78 bits per heavy atom. The van der Waals surface area contributed by atoms with Gasteiger partial charge in [0.1, 0.15) is 22.0 Å². The lowest BCUT2D eigenvalue weighted by molar-refractivity contribution is 0.628. The van der Waals surface area contributed by atoms with E-state index in [9.17, 15) is 4.39 Å². The maximum Gasteiger partial charge on any atom is 0.210 e. The molecule has 1 aromatic carbocycles.